The predicted octanol–water partition coefficient (Wildman–Crippen LogP) is 4.68. The van der Waals surface area contributed by atoms with Crippen LogP contribution in [-0.2, 0) is 0 Å². The molecule has 0 aliphatic carbocycles. The van der Waals surface area contributed by atoms with E-state index in [1.807, 2.05) is 24.3 Å². The summed E-state index contributed by atoms with van der Waals surface area (Å²) in [5.41, 5.74) is 15.3. The van der Waals surface area contributed by atoms with Gasteiger partial charge in [-0.25, -0.2) is 4.98 Å². The highest BCUT2D eigenvalue weighted by atomic mass is 35.5. The number of rotatable bonds is 6. The zero-order valence-electron chi connectivity index (χ0n) is 22.7. The maximum atomic E-state index is 10.6. The molecule has 0 atom stereocenters. The lowest BCUT2D eigenvalue weighted by atomic mass is 10.0. The first-order valence-electron chi connectivity index (χ1n) is 12.2. The molecule has 5 N–H and O–H groups in total. The number of carbonyl (C=O) groups is 1. The smallest absolute Gasteiger partial charge is 0.150 e. The van der Waals surface area contributed by atoms with Crippen molar-refractivity contribution in [1.29, 1.82) is 0 Å². The summed E-state index contributed by atoms with van der Waals surface area (Å²) in [5, 5.41) is 4.11. The topological polar surface area (TPSA) is 128 Å². The Bertz CT molecular complexity index is 1320. The molecule has 0 bridgehead atoms. The zero-order chi connectivity index (χ0) is 28.7. The number of aliphatic imine (C=N–C) groups is 1. The Morgan fingerprint density at radius 3 is 2.21 bits per heavy atom. The van der Waals surface area contributed by atoms with Crippen LogP contribution in [0.2, 0.25) is 10.0 Å². The number of nitrogen functional groups attached to an aromatic ring is 1. The summed E-state index contributed by atoms with van der Waals surface area (Å²) in [4.78, 5) is 21.1. The first kappa shape index (κ1) is 30.0. The number of amidine groups is 1. The minimum absolute atomic E-state index is 0.154. The number of nitrogens with two attached hydrogens (primary N) is 2. The predicted molar refractivity (Wildman–Crippen MR) is 160 cm³/mol. The van der Waals surface area contributed by atoms with Crippen molar-refractivity contribution in [3.05, 3.63) is 63.6 Å². The lowest BCUT2D eigenvalue weighted by molar-refractivity contribution is 0.112. The van der Waals surface area contributed by atoms with Crippen molar-refractivity contribution in [1.82, 2.24) is 10.3 Å². The Kier molecular flexibility index (Phi) is 10.0. The maximum Gasteiger partial charge on any atom is 0.150 e. The van der Waals surface area contributed by atoms with Crippen molar-refractivity contribution < 1.29 is 14.3 Å². The van der Waals surface area contributed by atoms with Crippen molar-refractivity contribution >= 4 is 46.8 Å². The number of piperazine rings is 1. The summed E-state index contributed by atoms with van der Waals surface area (Å²) in [5.74, 6) is 1.35. The molecule has 0 spiro atoms. The van der Waals surface area contributed by atoms with Gasteiger partial charge in [0.15, 0.2) is 0 Å². The molecule has 1 fully saturated rings. The third-order valence-electron chi connectivity index (χ3n) is 6.24. The van der Waals surface area contributed by atoms with Gasteiger partial charge >= 0.3 is 0 Å². The molecule has 2 aromatic carbocycles. The fraction of sp³-hybridized carbons (Fsp3) is 0.321. The van der Waals surface area contributed by atoms with Crippen LogP contribution in [0.15, 0.2) is 47.5 Å². The number of aldehydes is 1. The molecule has 3 aromatic rings. The number of hydrogen-bond acceptors (Lipinski definition) is 8. The fourth-order valence-corrected chi connectivity index (χ4v) is 4.88. The highest BCUT2D eigenvalue weighted by Crippen LogP contribution is 2.45. The van der Waals surface area contributed by atoms with E-state index in [1.165, 1.54) is 19.9 Å². The molecule has 11 heteroatoms. The highest BCUT2D eigenvalue weighted by Gasteiger charge is 2.25. The van der Waals surface area contributed by atoms with Crippen LogP contribution in [0.1, 0.15) is 29.8 Å². The van der Waals surface area contributed by atoms with E-state index in [0.29, 0.717) is 44.2 Å². The summed E-state index contributed by atoms with van der Waals surface area (Å²) in [6.07, 6.45) is 0.880. The van der Waals surface area contributed by atoms with Gasteiger partial charge in [-0.3, -0.25) is 9.79 Å². The summed E-state index contributed by atoms with van der Waals surface area (Å²) in [6, 6.07) is 12.8. The van der Waals surface area contributed by atoms with Crippen molar-refractivity contribution in [2.24, 2.45) is 10.7 Å². The number of pyridine rings is 1. The molecular weight excluding hydrogens is 539 g/mol. The molecule has 208 valence electrons. The number of hydrogen-bond donors (Lipinski definition) is 3. The van der Waals surface area contributed by atoms with E-state index in [0.717, 1.165) is 31.5 Å². The van der Waals surface area contributed by atoms with Gasteiger partial charge in [0, 0.05) is 55.1 Å². The zero-order valence-corrected chi connectivity index (χ0v) is 24.2. The number of carbonyl (C=O) groups excluding carboxylic acids is 1. The average molecular weight is 574 g/mol. The number of nitrogens with one attached hydrogen (secondary N) is 1. The quantitative estimate of drug-likeness (QED) is 0.220. The van der Waals surface area contributed by atoms with Crippen LogP contribution in [0.5, 0.6) is 11.5 Å². The maximum absolute atomic E-state index is 10.6. The van der Waals surface area contributed by atoms with Crippen LogP contribution in [0.25, 0.3) is 11.3 Å². The van der Waals surface area contributed by atoms with E-state index in [2.05, 4.69) is 34.0 Å². The second-order valence-corrected chi connectivity index (χ2v) is 10.2. The van der Waals surface area contributed by atoms with Gasteiger partial charge in [0.1, 0.15) is 29.4 Å². The molecule has 1 aromatic heterocycles. The van der Waals surface area contributed by atoms with E-state index in [-0.39, 0.29) is 11.4 Å². The van der Waals surface area contributed by atoms with E-state index in [4.69, 9.17) is 44.1 Å². The summed E-state index contributed by atoms with van der Waals surface area (Å²) in [7, 11) is 4.58. The third-order valence-corrected chi connectivity index (χ3v) is 6.99. The second-order valence-electron chi connectivity index (χ2n) is 9.46. The number of ether oxygens (including phenoxy) is 2. The van der Waals surface area contributed by atoms with Gasteiger partial charge in [-0.05, 0) is 50.2 Å². The van der Waals surface area contributed by atoms with Gasteiger partial charge in [-0.1, -0.05) is 23.2 Å². The van der Waals surface area contributed by atoms with E-state index >= 15 is 0 Å². The second kappa shape index (κ2) is 13.0. The SMILES string of the molecule is CC1(C)CN(c2ccc(C=O)cc2)CCN1.CN=C(N)c1ccc(-c2c(Cl)c(OC)cc(OC)c2Cl)nc1N. The summed E-state index contributed by atoms with van der Waals surface area (Å²) < 4.78 is 10.5. The molecule has 0 amide bonds. The first-order valence-corrected chi connectivity index (χ1v) is 13.0. The Morgan fingerprint density at radius 2 is 1.72 bits per heavy atom. The van der Waals surface area contributed by atoms with Crippen LogP contribution in [0.3, 0.4) is 0 Å². The van der Waals surface area contributed by atoms with Crippen molar-refractivity contribution in [3.8, 4) is 22.8 Å². The minimum atomic E-state index is 0.154. The molecule has 9 nitrogen and oxygen atoms in total. The fourth-order valence-electron chi connectivity index (χ4n) is 4.19. The Balaban J connectivity index is 0.000000230. The number of anilines is 2. The Morgan fingerprint density at radius 1 is 1.10 bits per heavy atom. The van der Waals surface area contributed by atoms with Gasteiger partial charge in [-0.2, -0.15) is 0 Å². The number of halogens is 2. The highest BCUT2D eigenvalue weighted by molar-refractivity contribution is 6.41. The van der Waals surface area contributed by atoms with Gasteiger partial charge < -0.3 is 31.2 Å². The molecule has 39 heavy (non-hydrogen) atoms. The molecule has 4 rings (SSSR count). The largest absolute Gasteiger partial charge is 0.495 e. The third kappa shape index (κ3) is 7.11. The van der Waals surface area contributed by atoms with Gasteiger partial charge in [0.25, 0.3) is 0 Å². The summed E-state index contributed by atoms with van der Waals surface area (Å²) in [6.45, 7) is 7.43. The molecule has 2 heterocycles. The first-order chi connectivity index (χ1) is 18.5. The number of benzene rings is 2. The molecule has 1 aliphatic heterocycles. The monoisotopic (exact) mass is 572 g/mol. The van der Waals surface area contributed by atoms with Crippen LogP contribution >= 0.6 is 23.2 Å². The standard InChI is InChI=1S/C15H16Cl2N4O2.C13H18N2O/c1-20-14(18)7-4-5-8(21-15(7)19)11-12(16)9(22-2)6-10(23-3)13(11)17;1-13(2)10-15(8-7-14-13)12-5-3-11(9-16)4-6-12/h4-6H,1-3H3,(H2,18,20)(H2,19,21);3-6,9,14H,7-8,10H2,1-2H3. The number of nitrogens with zero attached hydrogens (tertiary/aromatic N) is 3. The van der Waals surface area contributed by atoms with E-state index < -0.39 is 0 Å². The van der Waals surface area contributed by atoms with Gasteiger partial charge in [-0.15, -0.1) is 0 Å². The number of methoxy groups -OCH3 is 2. The number of aromatic nitrogens is 1. The van der Waals surface area contributed by atoms with Gasteiger partial charge in [0.05, 0.1) is 35.5 Å². The van der Waals surface area contributed by atoms with Crippen LogP contribution in [-0.4, -0.2) is 63.5 Å². The van der Waals surface area contributed by atoms with Crippen LogP contribution < -0.4 is 31.2 Å². The molecular formula is C28H34Cl2N6O3. The van der Waals surface area contributed by atoms with E-state index in [9.17, 15) is 4.79 Å². The lowest BCUT2D eigenvalue weighted by Crippen LogP contribution is -2.57. The normalized spacial score (nSPS) is 14.7. The van der Waals surface area contributed by atoms with Crippen molar-refractivity contribution in [2.75, 3.05) is 51.5 Å². The molecule has 1 aliphatic rings. The van der Waals surface area contributed by atoms with Crippen molar-refractivity contribution in [3.63, 3.8) is 0 Å². The molecule has 0 unspecified atom stereocenters. The average Bonchev–Trinajstić information content (AvgIpc) is 2.93. The molecule has 0 saturated carbocycles. The minimum Gasteiger partial charge on any atom is -0.495 e. The molecule has 1 saturated heterocycles. The summed E-state index contributed by atoms with van der Waals surface area (Å²) >= 11 is 12.7. The lowest BCUT2D eigenvalue weighted by Gasteiger charge is -2.40. The molecule has 0 radical (unpaired) electrons. The van der Waals surface area contributed by atoms with Crippen LogP contribution in [0.4, 0.5) is 11.5 Å². The van der Waals surface area contributed by atoms with Gasteiger partial charge in [0.2, 0.25) is 0 Å². The Labute approximate surface area is 239 Å². The van der Waals surface area contributed by atoms with E-state index in [1.54, 1.807) is 25.2 Å². The Hall–Kier alpha value is -3.53. The van der Waals surface area contributed by atoms with Crippen molar-refractivity contribution in [2.45, 2.75) is 19.4 Å². The van der Waals surface area contributed by atoms with Crippen LogP contribution in [0, 0.1) is 0 Å².